The Labute approximate surface area is 126 Å². The molecule has 21 heavy (non-hydrogen) atoms. The summed E-state index contributed by atoms with van der Waals surface area (Å²) < 4.78 is 5.65. The van der Waals surface area contributed by atoms with E-state index < -0.39 is 0 Å². The number of aromatic nitrogens is 1. The summed E-state index contributed by atoms with van der Waals surface area (Å²) in [5, 5.41) is 8.09. The first-order valence-electron chi connectivity index (χ1n) is 8.35. The predicted molar refractivity (Wildman–Crippen MR) is 82.1 cm³/mol. The average molecular weight is 289 g/mol. The molecule has 3 aliphatic rings. The SMILES string of the molecule is CC(C)(C)C12CNCCC1C2(CN)c1cc(C2CC2)on1. The van der Waals surface area contributed by atoms with E-state index in [1.807, 2.05) is 0 Å². The summed E-state index contributed by atoms with van der Waals surface area (Å²) in [5.41, 5.74) is 7.88. The molecule has 0 bridgehead atoms. The number of rotatable bonds is 3. The average Bonchev–Trinajstić information content (AvgIpc) is 3.34. The van der Waals surface area contributed by atoms with Gasteiger partial charge in [0.05, 0.1) is 5.69 Å². The van der Waals surface area contributed by atoms with Gasteiger partial charge in [0.25, 0.3) is 0 Å². The molecule has 0 spiro atoms. The molecule has 1 aromatic heterocycles. The molecule has 0 aromatic carbocycles. The van der Waals surface area contributed by atoms with Crippen LogP contribution in [-0.2, 0) is 5.41 Å². The molecule has 4 nitrogen and oxygen atoms in total. The highest BCUT2D eigenvalue weighted by Gasteiger charge is 2.80. The highest BCUT2D eigenvalue weighted by Crippen LogP contribution is 2.77. The van der Waals surface area contributed by atoms with Gasteiger partial charge in [0.2, 0.25) is 0 Å². The van der Waals surface area contributed by atoms with Crippen LogP contribution in [0.25, 0.3) is 0 Å². The lowest BCUT2D eigenvalue weighted by atomic mass is 9.70. The van der Waals surface area contributed by atoms with E-state index in [2.05, 4.69) is 37.3 Å². The van der Waals surface area contributed by atoms with Crippen molar-refractivity contribution < 1.29 is 4.52 Å². The normalized spacial score (nSPS) is 39.1. The van der Waals surface area contributed by atoms with Crippen molar-refractivity contribution in [2.24, 2.45) is 22.5 Å². The second-order valence-electron chi connectivity index (χ2n) is 8.30. The summed E-state index contributed by atoms with van der Waals surface area (Å²) in [6.45, 7) is 9.87. The minimum atomic E-state index is 0.00535. The Morgan fingerprint density at radius 2 is 2.14 bits per heavy atom. The van der Waals surface area contributed by atoms with Crippen LogP contribution in [0.15, 0.2) is 10.6 Å². The maximum Gasteiger partial charge on any atom is 0.140 e. The number of nitrogens with zero attached hydrogens (tertiary/aromatic N) is 1. The molecule has 4 heteroatoms. The van der Waals surface area contributed by atoms with Gasteiger partial charge >= 0.3 is 0 Å². The quantitative estimate of drug-likeness (QED) is 0.897. The van der Waals surface area contributed by atoms with Crippen LogP contribution in [0.5, 0.6) is 0 Å². The Balaban J connectivity index is 1.78. The number of nitrogens with two attached hydrogens (primary N) is 1. The fourth-order valence-corrected chi connectivity index (χ4v) is 5.35. The van der Waals surface area contributed by atoms with Gasteiger partial charge in [0, 0.05) is 35.9 Å². The zero-order chi connectivity index (χ0) is 14.9. The molecular formula is C17H27N3O. The van der Waals surface area contributed by atoms with Crippen molar-refractivity contribution in [3.8, 4) is 0 Å². The predicted octanol–water partition coefficient (Wildman–Crippen LogP) is 2.40. The molecule has 2 heterocycles. The number of fused-ring (bicyclic) bond motifs is 1. The molecule has 1 aromatic rings. The van der Waals surface area contributed by atoms with Gasteiger partial charge in [-0.25, -0.2) is 0 Å². The van der Waals surface area contributed by atoms with Crippen molar-refractivity contribution >= 4 is 0 Å². The van der Waals surface area contributed by atoms with Crippen molar-refractivity contribution in [3.05, 3.63) is 17.5 Å². The molecule has 2 saturated carbocycles. The molecule has 116 valence electrons. The van der Waals surface area contributed by atoms with E-state index in [0.29, 0.717) is 18.4 Å². The summed E-state index contributed by atoms with van der Waals surface area (Å²) >= 11 is 0. The molecule has 4 rings (SSSR count). The molecule has 2 aliphatic carbocycles. The molecule has 3 atom stereocenters. The number of hydrogen-bond acceptors (Lipinski definition) is 4. The van der Waals surface area contributed by atoms with Crippen LogP contribution in [0.4, 0.5) is 0 Å². The fraction of sp³-hybridized carbons (Fsp3) is 0.824. The summed E-state index contributed by atoms with van der Waals surface area (Å²) in [7, 11) is 0. The molecule has 0 radical (unpaired) electrons. The largest absolute Gasteiger partial charge is 0.361 e. The minimum absolute atomic E-state index is 0.00535. The highest BCUT2D eigenvalue weighted by atomic mass is 16.5. The van der Waals surface area contributed by atoms with E-state index >= 15 is 0 Å². The lowest BCUT2D eigenvalue weighted by Crippen LogP contribution is -2.43. The zero-order valence-electron chi connectivity index (χ0n) is 13.4. The lowest BCUT2D eigenvalue weighted by molar-refractivity contribution is 0.146. The molecule has 3 fully saturated rings. The van der Waals surface area contributed by atoms with Crippen LogP contribution in [-0.4, -0.2) is 24.8 Å². The minimum Gasteiger partial charge on any atom is -0.361 e. The van der Waals surface area contributed by atoms with Crippen LogP contribution >= 0.6 is 0 Å². The summed E-state index contributed by atoms with van der Waals surface area (Å²) in [6, 6.07) is 2.22. The van der Waals surface area contributed by atoms with Crippen molar-refractivity contribution in [3.63, 3.8) is 0 Å². The molecule has 1 saturated heterocycles. The monoisotopic (exact) mass is 289 g/mol. The first kappa shape index (κ1) is 13.8. The Morgan fingerprint density at radius 1 is 1.38 bits per heavy atom. The van der Waals surface area contributed by atoms with E-state index in [0.717, 1.165) is 24.5 Å². The van der Waals surface area contributed by atoms with Crippen molar-refractivity contribution in [1.82, 2.24) is 10.5 Å². The topological polar surface area (TPSA) is 64.1 Å². The van der Waals surface area contributed by atoms with Crippen LogP contribution < -0.4 is 11.1 Å². The second kappa shape index (κ2) is 4.11. The molecule has 1 aliphatic heterocycles. The van der Waals surface area contributed by atoms with Crippen LogP contribution in [0.3, 0.4) is 0 Å². The number of hydrogen-bond donors (Lipinski definition) is 2. The lowest BCUT2D eigenvalue weighted by Gasteiger charge is -2.38. The first-order valence-corrected chi connectivity index (χ1v) is 8.35. The van der Waals surface area contributed by atoms with Gasteiger partial charge in [-0.1, -0.05) is 25.9 Å². The van der Waals surface area contributed by atoms with E-state index in [-0.39, 0.29) is 16.2 Å². The van der Waals surface area contributed by atoms with Crippen LogP contribution in [0.2, 0.25) is 0 Å². The summed E-state index contributed by atoms with van der Waals surface area (Å²) in [4.78, 5) is 0. The number of piperidine rings is 1. The van der Waals surface area contributed by atoms with E-state index in [1.54, 1.807) is 0 Å². The standard InChI is InChI=1S/C17H27N3O/c1-15(2,3)17-10-19-7-6-13(17)16(17,9-18)14-8-12(21-20-14)11-4-5-11/h8,11,13,19H,4-7,9-10,18H2,1-3H3. The molecular weight excluding hydrogens is 262 g/mol. The van der Waals surface area contributed by atoms with Crippen molar-refractivity contribution in [2.45, 2.75) is 51.4 Å². The van der Waals surface area contributed by atoms with E-state index in [9.17, 15) is 0 Å². The van der Waals surface area contributed by atoms with Crippen LogP contribution in [0.1, 0.15) is 57.4 Å². The van der Waals surface area contributed by atoms with Gasteiger partial charge in [0.15, 0.2) is 0 Å². The van der Waals surface area contributed by atoms with Gasteiger partial charge in [-0.15, -0.1) is 0 Å². The third-order valence-corrected chi connectivity index (χ3v) is 6.54. The molecule has 3 unspecified atom stereocenters. The third-order valence-electron chi connectivity index (χ3n) is 6.54. The van der Waals surface area contributed by atoms with Crippen LogP contribution in [0, 0.1) is 16.7 Å². The van der Waals surface area contributed by atoms with Gasteiger partial charge in [-0.05, 0) is 37.1 Å². The molecule has 0 amide bonds. The maximum absolute atomic E-state index is 6.33. The Bertz CT molecular complexity index is 557. The second-order valence-corrected chi connectivity index (χ2v) is 8.30. The van der Waals surface area contributed by atoms with Crippen molar-refractivity contribution in [1.29, 1.82) is 0 Å². The summed E-state index contributed by atoms with van der Waals surface area (Å²) in [5.74, 6) is 2.33. The van der Waals surface area contributed by atoms with Gasteiger partial charge in [-0.2, -0.15) is 0 Å². The van der Waals surface area contributed by atoms with Gasteiger partial charge < -0.3 is 15.6 Å². The van der Waals surface area contributed by atoms with Crippen molar-refractivity contribution in [2.75, 3.05) is 19.6 Å². The Hall–Kier alpha value is -0.870. The first-order chi connectivity index (χ1) is 9.97. The van der Waals surface area contributed by atoms with E-state index in [1.165, 1.54) is 19.3 Å². The van der Waals surface area contributed by atoms with Gasteiger partial charge in [-0.3, -0.25) is 0 Å². The molecule has 3 N–H and O–H groups in total. The van der Waals surface area contributed by atoms with E-state index in [4.69, 9.17) is 10.3 Å². The smallest absolute Gasteiger partial charge is 0.140 e. The Kier molecular flexibility index (Phi) is 2.69. The zero-order valence-corrected chi connectivity index (χ0v) is 13.4. The fourth-order valence-electron chi connectivity index (χ4n) is 5.35. The highest BCUT2D eigenvalue weighted by molar-refractivity contribution is 5.42. The summed E-state index contributed by atoms with van der Waals surface area (Å²) in [6.07, 6.45) is 3.69. The number of nitrogens with one attached hydrogen (secondary N) is 1. The third kappa shape index (κ3) is 1.55. The Morgan fingerprint density at radius 3 is 2.71 bits per heavy atom. The maximum atomic E-state index is 6.33. The van der Waals surface area contributed by atoms with Gasteiger partial charge in [0.1, 0.15) is 5.76 Å².